The van der Waals surface area contributed by atoms with Gasteiger partial charge in [-0.1, -0.05) is 128 Å². The summed E-state index contributed by atoms with van der Waals surface area (Å²) in [4.78, 5) is 11.6. The van der Waals surface area contributed by atoms with Crippen molar-refractivity contribution in [1.82, 2.24) is 0 Å². The van der Waals surface area contributed by atoms with E-state index in [1.807, 2.05) is 121 Å². The van der Waals surface area contributed by atoms with Crippen LogP contribution in [0, 0.1) is 0 Å². The predicted octanol–water partition coefficient (Wildman–Crippen LogP) is 5.86. The second-order valence-electron chi connectivity index (χ2n) is 8.76. The summed E-state index contributed by atoms with van der Waals surface area (Å²) >= 11 is 0. The Morgan fingerprint density at radius 2 is 1.16 bits per heavy atom. The molecular formula is C32H31O5P. The normalized spacial score (nSPS) is 12.8. The predicted molar refractivity (Wildman–Crippen MR) is 151 cm³/mol. The van der Waals surface area contributed by atoms with Gasteiger partial charge in [0.15, 0.2) is 13.2 Å². The van der Waals surface area contributed by atoms with Gasteiger partial charge in [0, 0.05) is 15.9 Å². The highest BCUT2D eigenvalue weighted by Gasteiger charge is 2.40. The van der Waals surface area contributed by atoms with Crippen molar-refractivity contribution in [2.45, 2.75) is 25.4 Å². The fourth-order valence-electron chi connectivity index (χ4n) is 4.25. The number of benzene rings is 4. The summed E-state index contributed by atoms with van der Waals surface area (Å²) in [5.41, 5.74) is 1.91. The zero-order valence-corrected chi connectivity index (χ0v) is 22.0. The van der Waals surface area contributed by atoms with Crippen molar-refractivity contribution >= 4 is 24.2 Å². The van der Waals surface area contributed by atoms with E-state index >= 15 is 4.57 Å². The highest BCUT2D eigenvalue weighted by atomic mass is 31.2. The summed E-state index contributed by atoms with van der Waals surface area (Å²) in [6.07, 6.45) is -1.77. The number of hydrogen-bond donors (Lipinski definition) is 0. The van der Waals surface area contributed by atoms with Crippen LogP contribution in [-0.2, 0) is 36.8 Å². The fourth-order valence-corrected chi connectivity index (χ4v) is 7.00. The van der Waals surface area contributed by atoms with Crippen LogP contribution in [0.1, 0.15) is 11.1 Å². The molecule has 0 heterocycles. The van der Waals surface area contributed by atoms with E-state index in [4.69, 9.17) is 14.2 Å². The molecule has 38 heavy (non-hydrogen) atoms. The Morgan fingerprint density at radius 3 is 1.63 bits per heavy atom. The molecule has 6 heteroatoms. The summed E-state index contributed by atoms with van der Waals surface area (Å²) in [6.45, 7) is 5.27. The van der Waals surface area contributed by atoms with Gasteiger partial charge in [0.05, 0.1) is 19.8 Å². The van der Waals surface area contributed by atoms with Crippen LogP contribution in [-0.4, -0.2) is 25.3 Å². The zero-order chi connectivity index (χ0) is 26.6. The van der Waals surface area contributed by atoms with Crippen molar-refractivity contribution in [3.8, 4) is 0 Å². The second kappa shape index (κ2) is 13.7. The first-order valence-corrected chi connectivity index (χ1v) is 14.1. The van der Waals surface area contributed by atoms with Crippen LogP contribution in [0.25, 0.3) is 0 Å². The van der Waals surface area contributed by atoms with Crippen LogP contribution in [0.4, 0.5) is 0 Å². The van der Waals surface area contributed by atoms with Crippen LogP contribution in [0.3, 0.4) is 0 Å². The first-order chi connectivity index (χ1) is 18.6. The lowest BCUT2D eigenvalue weighted by molar-refractivity contribution is -0.146. The molecule has 0 bridgehead atoms. The number of carbonyl (C=O) groups is 1. The van der Waals surface area contributed by atoms with E-state index in [1.54, 1.807) is 0 Å². The van der Waals surface area contributed by atoms with E-state index in [0.717, 1.165) is 11.1 Å². The van der Waals surface area contributed by atoms with Crippen LogP contribution in [0.2, 0.25) is 0 Å². The van der Waals surface area contributed by atoms with Crippen molar-refractivity contribution in [3.05, 3.63) is 144 Å². The molecule has 0 aromatic heterocycles. The number of ether oxygens (including phenoxy) is 3. The minimum absolute atomic E-state index is 0.0374. The molecule has 4 rings (SSSR count). The lowest BCUT2D eigenvalue weighted by atomic mass is 10.2. The molecule has 0 radical (unpaired) electrons. The molecule has 0 unspecified atom stereocenters. The van der Waals surface area contributed by atoms with E-state index in [1.165, 1.54) is 0 Å². The monoisotopic (exact) mass is 526 g/mol. The van der Waals surface area contributed by atoms with E-state index in [2.05, 4.69) is 6.58 Å². The maximum atomic E-state index is 15.0. The van der Waals surface area contributed by atoms with Crippen LogP contribution >= 0.6 is 7.14 Å². The highest BCUT2D eigenvalue weighted by Crippen LogP contribution is 2.53. The first kappa shape index (κ1) is 27.3. The number of carbonyl (C=O) groups excluding carboxylic acids is 1. The Kier molecular flexibility index (Phi) is 9.83. The number of rotatable bonds is 14. The third-order valence-corrected chi connectivity index (χ3v) is 9.32. The molecule has 5 nitrogen and oxygen atoms in total. The molecular weight excluding hydrogens is 495 g/mol. The van der Waals surface area contributed by atoms with Crippen molar-refractivity contribution in [1.29, 1.82) is 0 Å². The summed E-state index contributed by atoms with van der Waals surface area (Å²) < 4.78 is 32.8. The van der Waals surface area contributed by atoms with Crippen LogP contribution in [0.15, 0.2) is 133 Å². The van der Waals surface area contributed by atoms with Crippen LogP contribution < -0.4 is 10.6 Å². The van der Waals surface area contributed by atoms with E-state index < -0.39 is 19.3 Å². The average Bonchev–Trinajstić information content (AvgIpc) is 2.98. The Labute approximate surface area is 224 Å². The summed E-state index contributed by atoms with van der Waals surface area (Å²) in [5.74, 6) is 0. The van der Waals surface area contributed by atoms with Gasteiger partial charge in [-0.15, -0.1) is 0 Å². The van der Waals surface area contributed by atoms with E-state index in [0.29, 0.717) is 29.0 Å². The largest absolute Gasteiger partial charge is 0.459 e. The van der Waals surface area contributed by atoms with Gasteiger partial charge in [-0.2, -0.15) is 0 Å². The quantitative estimate of drug-likeness (QED) is 0.152. The first-order valence-electron chi connectivity index (χ1n) is 12.4. The van der Waals surface area contributed by atoms with Gasteiger partial charge in [-0.25, -0.2) is 0 Å². The summed E-state index contributed by atoms with van der Waals surface area (Å²) in [7, 11) is -3.43. The van der Waals surface area contributed by atoms with E-state index in [9.17, 15) is 4.79 Å². The van der Waals surface area contributed by atoms with E-state index in [-0.39, 0.29) is 13.2 Å². The Hall–Kier alpha value is -3.76. The SMILES string of the molecule is C=C([C@H](OCc1ccccc1)[C@@H](COCc1ccccc1)OC=O)P(=O)(c1ccccc1)c1ccccc1. The van der Waals surface area contributed by atoms with Gasteiger partial charge in [-0.05, 0) is 11.1 Å². The highest BCUT2D eigenvalue weighted by molar-refractivity contribution is 7.82. The maximum absolute atomic E-state index is 15.0. The molecule has 194 valence electrons. The van der Waals surface area contributed by atoms with Gasteiger partial charge >= 0.3 is 0 Å². The van der Waals surface area contributed by atoms with Gasteiger partial charge in [-0.3, -0.25) is 4.79 Å². The van der Waals surface area contributed by atoms with Crippen molar-refractivity contribution in [2.24, 2.45) is 0 Å². The molecule has 0 fully saturated rings. The molecule has 4 aromatic rings. The summed E-state index contributed by atoms with van der Waals surface area (Å²) in [5, 5.41) is 1.58. The number of hydrogen-bond acceptors (Lipinski definition) is 5. The molecule has 2 atom stereocenters. The molecule has 0 N–H and O–H groups in total. The Morgan fingerprint density at radius 1 is 0.711 bits per heavy atom. The topological polar surface area (TPSA) is 61.8 Å². The smallest absolute Gasteiger partial charge is 0.293 e. The van der Waals surface area contributed by atoms with Crippen molar-refractivity contribution < 1.29 is 23.6 Å². The molecule has 0 spiro atoms. The lowest BCUT2D eigenvalue weighted by Gasteiger charge is -2.32. The van der Waals surface area contributed by atoms with Crippen LogP contribution in [0.5, 0.6) is 0 Å². The Bertz CT molecular complexity index is 1280. The minimum atomic E-state index is -3.43. The Balaban J connectivity index is 1.68. The molecule has 4 aromatic carbocycles. The average molecular weight is 527 g/mol. The summed E-state index contributed by atoms with van der Waals surface area (Å²) in [6, 6.07) is 37.8. The van der Waals surface area contributed by atoms with Gasteiger partial charge in [0.2, 0.25) is 0 Å². The van der Waals surface area contributed by atoms with Gasteiger partial charge in [0.25, 0.3) is 6.47 Å². The van der Waals surface area contributed by atoms with Gasteiger partial charge < -0.3 is 18.8 Å². The van der Waals surface area contributed by atoms with Crippen molar-refractivity contribution in [3.63, 3.8) is 0 Å². The molecule has 0 saturated carbocycles. The minimum Gasteiger partial charge on any atom is -0.459 e. The zero-order valence-electron chi connectivity index (χ0n) is 21.1. The molecule has 0 amide bonds. The third-order valence-electron chi connectivity index (χ3n) is 6.21. The fraction of sp³-hybridized carbons (Fsp3) is 0.156. The standard InChI is InChI=1S/C32H31O5P/c1-26(38(34,29-18-10-4-11-19-29)30-20-12-5-13-21-30)32(36-23-28-16-8-3-9-17-28)31(37-25-33)24-35-22-27-14-6-2-7-15-27/h2-21,25,31-32H,1,22-24H2/t31-,32+/m1/s1. The third kappa shape index (κ3) is 6.76. The molecule has 0 aliphatic heterocycles. The maximum Gasteiger partial charge on any atom is 0.293 e. The lowest BCUT2D eigenvalue weighted by Crippen LogP contribution is -2.38. The molecule has 0 aliphatic rings. The molecule has 0 saturated heterocycles. The second-order valence-corrected chi connectivity index (χ2v) is 11.6. The van der Waals surface area contributed by atoms with Gasteiger partial charge in [0.1, 0.15) is 6.10 Å². The van der Waals surface area contributed by atoms with Crippen molar-refractivity contribution in [2.75, 3.05) is 6.61 Å². The molecule has 0 aliphatic carbocycles.